The molecule has 31 heavy (non-hydrogen) atoms. The van der Waals surface area contributed by atoms with Gasteiger partial charge >= 0.3 is 5.97 Å². The number of carbonyl (C=O) groups is 2. The van der Waals surface area contributed by atoms with E-state index in [1.807, 2.05) is 25.1 Å². The number of halogens is 1. The first kappa shape index (κ1) is 23.5. The van der Waals surface area contributed by atoms with Gasteiger partial charge in [0, 0.05) is 21.9 Å². The molecule has 2 atom stereocenters. The van der Waals surface area contributed by atoms with E-state index in [0.29, 0.717) is 29.6 Å². The van der Waals surface area contributed by atoms with Gasteiger partial charge in [0.1, 0.15) is 17.2 Å². The molecule has 0 radical (unpaired) electrons. The highest BCUT2D eigenvalue weighted by Crippen LogP contribution is 2.44. The van der Waals surface area contributed by atoms with Gasteiger partial charge in [-0.15, -0.1) is 11.8 Å². The van der Waals surface area contributed by atoms with Gasteiger partial charge < -0.3 is 14.4 Å². The largest absolute Gasteiger partial charge is 0.494 e. The van der Waals surface area contributed by atoms with Crippen LogP contribution in [-0.2, 0) is 9.53 Å². The molecule has 2 unspecified atom stereocenters. The highest BCUT2D eigenvalue weighted by atomic mass is 35.5. The summed E-state index contributed by atoms with van der Waals surface area (Å²) in [5.74, 6) is 0.579. The lowest BCUT2D eigenvalue weighted by Crippen LogP contribution is -2.44. The monoisotopic (exact) mass is 461 g/mol. The molecule has 0 bridgehead atoms. The van der Waals surface area contributed by atoms with Gasteiger partial charge in [0.25, 0.3) is 5.91 Å². The number of carbonyl (C=O) groups excluding carboxylic acids is 2. The van der Waals surface area contributed by atoms with Crippen LogP contribution in [0.4, 0.5) is 0 Å². The van der Waals surface area contributed by atoms with Crippen LogP contribution in [0.3, 0.4) is 0 Å². The Morgan fingerprint density at radius 3 is 2.48 bits per heavy atom. The minimum Gasteiger partial charge on any atom is -0.494 e. The molecular formula is C24H28ClNO4S. The second kappa shape index (κ2) is 11.4. The summed E-state index contributed by atoms with van der Waals surface area (Å²) in [5.41, 5.74) is 1.31. The standard InChI is InChI=1S/C24H28ClNO4S/c1-3-5-15-29-18-12-10-17(11-13-18)22(27)26-21(24(28)30-14-4-2)16-31-23(26)19-8-6-7-9-20(19)25/h6-13,21,23H,3-5,14-16H2,1-2H3. The van der Waals surface area contributed by atoms with E-state index in [2.05, 4.69) is 6.92 Å². The van der Waals surface area contributed by atoms with Gasteiger partial charge in [0.2, 0.25) is 0 Å². The summed E-state index contributed by atoms with van der Waals surface area (Å²) >= 11 is 7.95. The Bertz CT molecular complexity index is 889. The molecule has 0 spiro atoms. The average Bonchev–Trinajstić information content (AvgIpc) is 3.23. The van der Waals surface area contributed by atoms with Crippen molar-refractivity contribution < 1.29 is 19.1 Å². The summed E-state index contributed by atoms with van der Waals surface area (Å²) in [6.45, 7) is 5.03. The molecule has 7 heteroatoms. The first-order valence-electron chi connectivity index (χ1n) is 10.6. The minimum atomic E-state index is -0.661. The zero-order valence-electron chi connectivity index (χ0n) is 17.9. The van der Waals surface area contributed by atoms with Gasteiger partial charge in [-0.2, -0.15) is 0 Å². The number of thioether (sulfide) groups is 1. The Morgan fingerprint density at radius 1 is 1.06 bits per heavy atom. The van der Waals surface area contributed by atoms with Crippen LogP contribution >= 0.6 is 23.4 Å². The van der Waals surface area contributed by atoms with Crippen molar-refractivity contribution in [2.75, 3.05) is 19.0 Å². The molecule has 0 aromatic heterocycles. The Morgan fingerprint density at radius 2 is 1.81 bits per heavy atom. The van der Waals surface area contributed by atoms with Crippen LogP contribution in [0.5, 0.6) is 5.75 Å². The molecule has 1 aliphatic heterocycles. The third kappa shape index (κ3) is 5.74. The van der Waals surface area contributed by atoms with Crippen LogP contribution in [-0.4, -0.2) is 41.8 Å². The first-order chi connectivity index (χ1) is 15.1. The van der Waals surface area contributed by atoms with Crippen LogP contribution < -0.4 is 4.74 Å². The van der Waals surface area contributed by atoms with Crippen LogP contribution in [0.15, 0.2) is 48.5 Å². The van der Waals surface area contributed by atoms with Crippen molar-refractivity contribution in [1.29, 1.82) is 0 Å². The second-order valence-electron chi connectivity index (χ2n) is 7.33. The molecule has 0 aliphatic carbocycles. The fourth-order valence-electron chi connectivity index (χ4n) is 3.33. The molecule has 0 saturated carbocycles. The smallest absolute Gasteiger partial charge is 0.329 e. The Kier molecular flexibility index (Phi) is 8.67. The van der Waals surface area contributed by atoms with Crippen molar-refractivity contribution in [2.45, 2.75) is 44.5 Å². The van der Waals surface area contributed by atoms with E-state index in [-0.39, 0.29) is 17.3 Å². The number of rotatable bonds is 9. The summed E-state index contributed by atoms with van der Waals surface area (Å²) in [5, 5.41) is 0.209. The molecule has 1 amide bonds. The lowest BCUT2D eigenvalue weighted by atomic mass is 10.1. The van der Waals surface area contributed by atoms with Crippen molar-refractivity contribution >= 4 is 35.2 Å². The molecule has 1 saturated heterocycles. The van der Waals surface area contributed by atoms with Crippen LogP contribution in [0.1, 0.15) is 54.4 Å². The fraction of sp³-hybridized carbons (Fsp3) is 0.417. The summed E-state index contributed by atoms with van der Waals surface area (Å²) in [6, 6.07) is 13.8. The number of hydrogen-bond acceptors (Lipinski definition) is 5. The molecule has 2 aromatic carbocycles. The van der Waals surface area contributed by atoms with Crippen molar-refractivity contribution in [3.8, 4) is 5.75 Å². The van der Waals surface area contributed by atoms with Gasteiger partial charge in [-0.1, -0.05) is 50.1 Å². The van der Waals surface area contributed by atoms with Crippen LogP contribution in [0.2, 0.25) is 5.02 Å². The van der Waals surface area contributed by atoms with E-state index in [9.17, 15) is 9.59 Å². The average molecular weight is 462 g/mol. The zero-order chi connectivity index (χ0) is 22.2. The Hall–Kier alpha value is -2.18. The molecule has 1 aliphatic rings. The van der Waals surface area contributed by atoms with Gasteiger partial charge in [-0.25, -0.2) is 4.79 Å². The molecule has 0 N–H and O–H groups in total. The maximum Gasteiger partial charge on any atom is 0.329 e. The third-order valence-corrected chi connectivity index (χ3v) is 6.64. The molecular weight excluding hydrogens is 434 g/mol. The summed E-state index contributed by atoms with van der Waals surface area (Å²) in [4.78, 5) is 27.9. The van der Waals surface area contributed by atoms with E-state index in [0.717, 1.165) is 30.6 Å². The normalized spacial score (nSPS) is 18.1. The minimum absolute atomic E-state index is 0.228. The summed E-state index contributed by atoms with van der Waals surface area (Å²) < 4.78 is 11.1. The zero-order valence-corrected chi connectivity index (χ0v) is 19.5. The first-order valence-corrected chi connectivity index (χ1v) is 12.1. The molecule has 166 valence electrons. The highest BCUT2D eigenvalue weighted by molar-refractivity contribution is 7.99. The van der Waals surface area contributed by atoms with Crippen LogP contribution in [0.25, 0.3) is 0 Å². The number of nitrogens with zero attached hydrogens (tertiary/aromatic N) is 1. The van der Waals surface area contributed by atoms with Crippen LogP contribution in [0, 0.1) is 0 Å². The van der Waals surface area contributed by atoms with Gasteiger partial charge in [-0.3, -0.25) is 4.79 Å². The highest BCUT2D eigenvalue weighted by Gasteiger charge is 2.44. The predicted octanol–water partition coefficient (Wildman–Crippen LogP) is 5.73. The Labute approximate surface area is 193 Å². The maximum absolute atomic E-state index is 13.5. The second-order valence-corrected chi connectivity index (χ2v) is 8.85. The van der Waals surface area contributed by atoms with Crippen molar-refractivity contribution in [3.05, 3.63) is 64.7 Å². The summed E-state index contributed by atoms with van der Waals surface area (Å²) in [7, 11) is 0. The van der Waals surface area contributed by atoms with Gasteiger partial charge in [0.05, 0.1) is 13.2 Å². The summed E-state index contributed by atoms with van der Waals surface area (Å²) in [6.07, 6.45) is 2.77. The lowest BCUT2D eigenvalue weighted by molar-refractivity contribution is -0.148. The number of esters is 1. The maximum atomic E-state index is 13.5. The number of amides is 1. The van der Waals surface area contributed by atoms with E-state index in [1.165, 1.54) is 11.8 Å². The number of benzene rings is 2. The van der Waals surface area contributed by atoms with Crippen molar-refractivity contribution in [1.82, 2.24) is 4.90 Å². The van der Waals surface area contributed by atoms with E-state index in [4.69, 9.17) is 21.1 Å². The molecule has 3 rings (SSSR count). The number of hydrogen-bond donors (Lipinski definition) is 0. The predicted molar refractivity (Wildman–Crippen MR) is 125 cm³/mol. The molecule has 1 heterocycles. The lowest BCUT2D eigenvalue weighted by Gasteiger charge is -2.29. The van der Waals surface area contributed by atoms with Gasteiger partial charge in [-0.05, 0) is 43.2 Å². The molecule has 2 aromatic rings. The van der Waals surface area contributed by atoms with E-state index < -0.39 is 6.04 Å². The third-order valence-electron chi connectivity index (χ3n) is 4.99. The SMILES string of the molecule is CCCCOc1ccc(C(=O)N2C(C(=O)OCCC)CSC2c2ccccc2Cl)cc1. The Balaban J connectivity index is 1.86. The van der Waals surface area contributed by atoms with E-state index >= 15 is 0 Å². The number of ether oxygens (including phenoxy) is 2. The van der Waals surface area contributed by atoms with Crippen molar-refractivity contribution in [2.24, 2.45) is 0 Å². The number of unbranched alkanes of at least 4 members (excludes halogenated alkanes) is 1. The topological polar surface area (TPSA) is 55.8 Å². The molecule has 5 nitrogen and oxygen atoms in total. The van der Waals surface area contributed by atoms with Crippen molar-refractivity contribution in [3.63, 3.8) is 0 Å². The fourth-order valence-corrected chi connectivity index (χ4v) is 5.08. The molecule has 1 fully saturated rings. The quantitative estimate of drug-likeness (QED) is 0.352. The van der Waals surface area contributed by atoms with E-state index in [1.54, 1.807) is 35.2 Å². The van der Waals surface area contributed by atoms with Gasteiger partial charge in [0.15, 0.2) is 0 Å².